The molecular weight excluding hydrogens is 348 g/mol. The summed E-state index contributed by atoms with van der Waals surface area (Å²) in [5.41, 5.74) is 2.36. The zero-order valence-electron chi connectivity index (χ0n) is 16.0. The van der Waals surface area contributed by atoms with Crippen LogP contribution in [0.15, 0.2) is 18.6 Å². The Morgan fingerprint density at radius 2 is 1.93 bits per heavy atom. The molecule has 1 amide bonds. The predicted molar refractivity (Wildman–Crippen MR) is 98.4 cm³/mol. The minimum Gasteiger partial charge on any atom is -0.478 e. The number of aromatic nitrogens is 4. The van der Waals surface area contributed by atoms with Crippen molar-refractivity contribution in [2.24, 2.45) is 0 Å². The first-order valence-electron chi connectivity index (χ1n) is 9.20. The van der Waals surface area contributed by atoms with E-state index in [1.54, 1.807) is 6.92 Å². The van der Waals surface area contributed by atoms with E-state index in [1.807, 2.05) is 16.5 Å². The van der Waals surface area contributed by atoms with E-state index in [0.29, 0.717) is 13.1 Å². The topological polar surface area (TPSA) is 96.5 Å². The zero-order valence-corrected chi connectivity index (χ0v) is 16.0. The number of hydrogen-bond acceptors (Lipinski definition) is 5. The number of carboxylic acid groups (broad SMARTS) is 1. The van der Waals surface area contributed by atoms with Crippen LogP contribution in [0.4, 0.5) is 0 Å². The van der Waals surface area contributed by atoms with Crippen molar-refractivity contribution in [3.05, 3.63) is 35.4 Å². The Balaban J connectivity index is 1.55. The molecule has 1 atom stereocenters. The van der Waals surface area contributed by atoms with Crippen molar-refractivity contribution in [3.8, 4) is 0 Å². The van der Waals surface area contributed by atoms with Crippen LogP contribution in [0.5, 0.6) is 0 Å². The molecule has 0 aliphatic carbocycles. The Hall–Kier alpha value is -2.68. The first-order chi connectivity index (χ1) is 12.9. The molecule has 1 aliphatic rings. The third-order valence-corrected chi connectivity index (χ3v) is 5.05. The minimum atomic E-state index is -1.05. The number of amides is 1. The van der Waals surface area contributed by atoms with E-state index in [-0.39, 0.29) is 11.5 Å². The van der Waals surface area contributed by atoms with Crippen molar-refractivity contribution in [1.29, 1.82) is 0 Å². The summed E-state index contributed by atoms with van der Waals surface area (Å²) in [7, 11) is 0. The Labute approximate surface area is 158 Å². The van der Waals surface area contributed by atoms with Crippen LogP contribution in [0.2, 0.25) is 0 Å². The van der Waals surface area contributed by atoms with Gasteiger partial charge in [0, 0.05) is 57.2 Å². The summed E-state index contributed by atoms with van der Waals surface area (Å²) in [6.07, 6.45) is 4.75. The summed E-state index contributed by atoms with van der Waals surface area (Å²) in [4.78, 5) is 27.9. The van der Waals surface area contributed by atoms with Gasteiger partial charge in [0.25, 0.3) is 0 Å². The molecule has 3 heterocycles. The van der Waals surface area contributed by atoms with E-state index in [2.05, 4.69) is 28.2 Å². The summed E-state index contributed by atoms with van der Waals surface area (Å²) < 4.78 is 3.36. The van der Waals surface area contributed by atoms with Crippen molar-refractivity contribution in [2.75, 3.05) is 26.2 Å². The van der Waals surface area contributed by atoms with Crippen molar-refractivity contribution in [1.82, 2.24) is 29.4 Å². The number of nitrogens with zero attached hydrogens (tertiary/aromatic N) is 6. The van der Waals surface area contributed by atoms with Crippen LogP contribution in [-0.2, 0) is 17.9 Å². The zero-order chi connectivity index (χ0) is 19.6. The van der Waals surface area contributed by atoms with Gasteiger partial charge in [0.2, 0.25) is 5.91 Å². The SMILES string of the molecule is CCn1cc(CN2CCN(C(=O)C(C)n3cc(C(=O)O)cn3)CC2)c(C)n1. The van der Waals surface area contributed by atoms with E-state index in [4.69, 9.17) is 5.11 Å². The highest BCUT2D eigenvalue weighted by Gasteiger charge is 2.27. The molecule has 1 N–H and O–H groups in total. The number of aryl methyl sites for hydroxylation is 2. The second-order valence-electron chi connectivity index (χ2n) is 6.89. The Morgan fingerprint density at radius 1 is 1.22 bits per heavy atom. The molecule has 1 saturated heterocycles. The van der Waals surface area contributed by atoms with Gasteiger partial charge in [-0.2, -0.15) is 10.2 Å². The first-order valence-corrected chi connectivity index (χ1v) is 9.20. The van der Waals surface area contributed by atoms with Crippen LogP contribution in [-0.4, -0.2) is 72.5 Å². The second kappa shape index (κ2) is 7.91. The monoisotopic (exact) mass is 374 g/mol. The van der Waals surface area contributed by atoms with Crippen LogP contribution >= 0.6 is 0 Å². The standard InChI is InChI=1S/C18H26N6O3/c1-4-23-11-16(13(2)20-23)10-21-5-7-22(8-6-21)17(25)14(3)24-12-15(9-19-24)18(26)27/h9,11-12,14H,4-8,10H2,1-3H3,(H,26,27). The molecule has 0 saturated carbocycles. The van der Waals surface area contributed by atoms with Crippen LogP contribution in [0.25, 0.3) is 0 Å². The van der Waals surface area contributed by atoms with E-state index >= 15 is 0 Å². The molecule has 9 heteroatoms. The van der Waals surface area contributed by atoms with Gasteiger partial charge in [-0.3, -0.25) is 19.1 Å². The lowest BCUT2D eigenvalue weighted by atomic mass is 10.2. The number of hydrogen-bond donors (Lipinski definition) is 1. The molecule has 9 nitrogen and oxygen atoms in total. The highest BCUT2D eigenvalue weighted by molar-refractivity contribution is 5.87. The molecule has 146 valence electrons. The van der Waals surface area contributed by atoms with Crippen molar-refractivity contribution in [3.63, 3.8) is 0 Å². The fraction of sp³-hybridized carbons (Fsp3) is 0.556. The van der Waals surface area contributed by atoms with Gasteiger partial charge in [-0.25, -0.2) is 4.79 Å². The average Bonchev–Trinajstić information content (AvgIpc) is 3.28. The summed E-state index contributed by atoms with van der Waals surface area (Å²) in [5, 5.41) is 17.5. The molecule has 2 aromatic heterocycles. The molecule has 1 aliphatic heterocycles. The average molecular weight is 374 g/mol. The molecule has 27 heavy (non-hydrogen) atoms. The fourth-order valence-corrected chi connectivity index (χ4v) is 3.28. The molecule has 1 unspecified atom stereocenters. The molecular formula is C18H26N6O3. The Morgan fingerprint density at radius 3 is 2.48 bits per heavy atom. The molecule has 0 aromatic carbocycles. The van der Waals surface area contributed by atoms with Crippen LogP contribution in [0, 0.1) is 6.92 Å². The van der Waals surface area contributed by atoms with Crippen molar-refractivity contribution < 1.29 is 14.7 Å². The van der Waals surface area contributed by atoms with Gasteiger partial charge in [0.05, 0.1) is 17.5 Å². The molecule has 0 radical (unpaired) electrons. The van der Waals surface area contributed by atoms with Gasteiger partial charge in [-0.1, -0.05) is 0 Å². The highest BCUT2D eigenvalue weighted by Crippen LogP contribution is 2.15. The molecule has 1 fully saturated rings. The number of rotatable bonds is 6. The van der Waals surface area contributed by atoms with Gasteiger partial charge in [0.1, 0.15) is 6.04 Å². The third kappa shape index (κ3) is 4.19. The quantitative estimate of drug-likeness (QED) is 0.811. The van der Waals surface area contributed by atoms with Gasteiger partial charge in [0.15, 0.2) is 0 Å². The maximum atomic E-state index is 12.7. The van der Waals surface area contributed by atoms with Crippen LogP contribution < -0.4 is 0 Å². The molecule has 0 spiro atoms. The Bertz CT molecular complexity index is 819. The Kier molecular flexibility index (Phi) is 5.59. The largest absolute Gasteiger partial charge is 0.478 e. The highest BCUT2D eigenvalue weighted by atomic mass is 16.4. The number of aromatic carboxylic acids is 1. The lowest BCUT2D eigenvalue weighted by Crippen LogP contribution is -2.50. The van der Waals surface area contributed by atoms with E-state index in [0.717, 1.165) is 31.9 Å². The normalized spacial score (nSPS) is 16.5. The second-order valence-corrected chi connectivity index (χ2v) is 6.89. The molecule has 2 aromatic rings. The predicted octanol–water partition coefficient (Wildman–Crippen LogP) is 1.01. The molecule has 3 rings (SSSR count). The smallest absolute Gasteiger partial charge is 0.338 e. The summed E-state index contributed by atoms with van der Waals surface area (Å²) in [6, 6.07) is -0.519. The van der Waals surface area contributed by atoms with Crippen LogP contribution in [0.3, 0.4) is 0 Å². The lowest BCUT2D eigenvalue weighted by molar-refractivity contribution is -0.136. The van der Waals surface area contributed by atoms with Crippen molar-refractivity contribution in [2.45, 2.75) is 39.9 Å². The summed E-state index contributed by atoms with van der Waals surface area (Å²) >= 11 is 0. The van der Waals surface area contributed by atoms with Crippen molar-refractivity contribution >= 4 is 11.9 Å². The van der Waals surface area contributed by atoms with E-state index in [1.165, 1.54) is 22.6 Å². The fourth-order valence-electron chi connectivity index (χ4n) is 3.28. The van der Waals surface area contributed by atoms with Crippen LogP contribution in [0.1, 0.15) is 41.5 Å². The van der Waals surface area contributed by atoms with Gasteiger partial charge in [-0.05, 0) is 20.8 Å². The number of carbonyl (C=O) groups is 2. The summed E-state index contributed by atoms with van der Waals surface area (Å²) in [5.74, 6) is -1.08. The molecule has 0 bridgehead atoms. The van der Waals surface area contributed by atoms with Gasteiger partial charge in [-0.15, -0.1) is 0 Å². The van der Waals surface area contributed by atoms with Gasteiger partial charge < -0.3 is 10.0 Å². The maximum Gasteiger partial charge on any atom is 0.338 e. The first kappa shape index (κ1) is 19.1. The van der Waals surface area contributed by atoms with E-state index < -0.39 is 12.0 Å². The number of carbonyl (C=O) groups excluding carboxylic acids is 1. The number of carboxylic acids is 1. The van der Waals surface area contributed by atoms with Gasteiger partial charge >= 0.3 is 5.97 Å². The minimum absolute atomic E-state index is 0.0373. The third-order valence-electron chi connectivity index (χ3n) is 5.05. The maximum absolute atomic E-state index is 12.7. The summed E-state index contributed by atoms with van der Waals surface area (Å²) in [6.45, 7) is 10.4. The van der Waals surface area contributed by atoms with E-state index in [9.17, 15) is 9.59 Å². The lowest BCUT2D eigenvalue weighted by Gasteiger charge is -2.35. The number of piperazine rings is 1.